The summed E-state index contributed by atoms with van der Waals surface area (Å²) < 4.78 is 0. The fourth-order valence-corrected chi connectivity index (χ4v) is 2.01. The zero-order valence-corrected chi connectivity index (χ0v) is 10.9. The average Bonchev–Trinajstić information content (AvgIpc) is 2.40. The van der Waals surface area contributed by atoms with Crippen LogP contribution in [0.15, 0.2) is 48.5 Å². The first kappa shape index (κ1) is 12.7. The summed E-state index contributed by atoms with van der Waals surface area (Å²) in [5, 5.41) is 3.58. The van der Waals surface area contributed by atoms with Gasteiger partial charge in [0.25, 0.3) is 0 Å². The average molecular weight is 260 g/mol. The SMILES string of the molecule is CNc1ccc(Cl)cc1C(=O)Cc1ccccc1. The van der Waals surface area contributed by atoms with Gasteiger partial charge in [-0.15, -0.1) is 0 Å². The Morgan fingerprint density at radius 1 is 1.17 bits per heavy atom. The normalized spacial score (nSPS) is 10.1. The number of hydrogen-bond acceptors (Lipinski definition) is 2. The molecule has 1 N–H and O–H groups in total. The molecule has 0 aliphatic carbocycles. The van der Waals surface area contributed by atoms with Crippen molar-refractivity contribution in [3.63, 3.8) is 0 Å². The maximum Gasteiger partial charge on any atom is 0.169 e. The molecule has 0 heterocycles. The van der Waals surface area contributed by atoms with E-state index in [0.717, 1.165) is 11.3 Å². The van der Waals surface area contributed by atoms with Gasteiger partial charge in [0, 0.05) is 29.7 Å². The van der Waals surface area contributed by atoms with Crippen LogP contribution in [0.5, 0.6) is 0 Å². The highest BCUT2D eigenvalue weighted by molar-refractivity contribution is 6.31. The van der Waals surface area contributed by atoms with Gasteiger partial charge >= 0.3 is 0 Å². The standard InChI is InChI=1S/C15H14ClNO/c1-17-14-8-7-12(16)10-13(14)15(18)9-11-5-3-2-4-6-11/h2-8,10,17H,9H2,1H3. The summed E-state index contributed by atoms with van der Waals surface area (Å²) in [6.07, 6.45) is 0.385. The molecule has 0 aliphatic rings. The van der Waals surface area contributed by atoms with E-state index >= 15 is 0 Å². The van der Waals surface area contributed by atoms with Gasteiger partial charge < -0.3 is 5.32 Å². The fourth-order valence-electron chi connectivity index (χ4n) is 1.84. The maximum atomic E-state index is 12.2. The summed E-state index contributed by atoms with van der Waals surface area (Å²) in [4.78, 5) is 12.2. The molecular weight excluding hydrogens is 246 g/mol. The molecule has 0 atom stereocenters. The molecule has 0 amide bonds. The van der Waals surface area contributed by atoms with Gasteiger partial charge in [-0.1, -0.05) is 41.9 Å². The molecule has 2 aromatic carbocycles. The lowest BCUT2D eigenvalue weighted by Crippen LogP contribution is -2.07. The lowest BCUT2D eigenvalue weighted by atomic mass is 10.0. The zero-order valence-electron chi connectivity index (χ0n) is 10.1. The van der Waals surface area contributed by atoms with E-state index < -0.39 is 0 Å². The molecule has 2 rings (SSSR count). The van der Waals surface area contributed by atoms with E-state index in [1.165, 1.54) is 0 Å². The van der Waals surface area contributed by atoms with Gasteiger partial charge in [0.15, 0.2) is 5.78 Å². The number of carbonyl (C=O) groups excluding carboxylic acids is 1. The minimum Gasteiger partial charge on any atom is -0.388 e. The second kappa shape index (κ2) is 5.69. The largest absolute Gasteiger partial charge is 0.388 e. The molecule has 0 unspecified atom stereocenters. The predicted molar refractivity (Wildman–Crippen MR) is 75.5 cm³/mol. The summed E-state index contributed by atoms with van der Waals surface area (Å²) in [5.74, 6) is 0.0630. The number of benzene rings is 2. The van der Waals surface area contributed by atoms with E-state index in [0.29, 0.717) is 17.0 Å². The predicted octanol–water partition coefficient (Wildman–Crippen LogP) is 3.81. The van der Waals surface area contributed by atoms with E-state index in [1.54, 1.807) is 19.2 Å². The Morgan fingerprint density at radius 3 is 2.56 bits per heavy atom. The Labute approximate surface area is 112 Å². The topological polar surface area (TPSA) is 29.1 Å². The number of nitrogens with one attached hydrogen (secondary N) is 1. The van der Waals surface area contributed by atoms with Crippen LogP contribution in [0.1, 0.15) is 15.9 Å². The fraction of sp³-hybridized carbons (Fsp3) is 0.133. The van der Waals surface area contributed by atoms with Crippen LogP contribution in [0.25, 0.3) is 0 Å². The third-order valence-electron chi connectivity index (χ3n) is 2.76. The number of carbonyl (C=O) groups is 1. The van der Waals surface area contributed by atoms with Crippen LogP contribution >= 0.6 is 11.6 Å². The third-order valence-corrected chi connectivity index (χ3v) is 2.99. The molecular formula is C15H14ClNO. The first-order valence-electron chi connectivity index (χ1n) is 5.75. The first-order valence-corrected chi connectivity index (χ1v) is 6.13. The van der Waals surface area contributed by atoms with Crippen molar-refractivity contribution in [2.75, 3.05) is 12.4 Å². The smallest absolute Gasteiger partial charge is 0.169 e. The summed E-state index contributed by atoms with van der Waals surface area (Å²) in [6.45, 7) is 0. The molecule has 3 heteroatoms. The number of anilines is 1. The van der Waals surface area contributed by atoms with Gasteiger partial charge in [-0.3, -0.25) is 4.79 Å². The molecule has 0 saturated heterocycles. The quantitative estimate of drug-likeness (QED) is 0.846. The van der Waals surface area contributed by atoms with Gasteiger partial charge in [0.1, 0.15) is 0 Å². The Bertz CT molecular complexity index is 552. The van der Waals surface area contributed by atoms with Gasteiger partial charge in [0.2, 0.25) is 0 Å². The van der Waals surface area contributed by atoms with E-state index in [1.807, 2.05) is 36.4 Å². The lowest BCUT2D eigenvalue weighted by molar-refractivity contribution is 0.0994. The third kappa shape index (κ3) is 2.90. The minimum atomic E-state index is 0.0630. The molecule has 0 bridgehead atoms. The monoisotopic (exact) mass is 259 g/mol. The highest BCUT2D eigenvalue weighted by Crippen LogP contribution is 2.22. The Morgan fingerprint density at radius 2 is 1.89 bits per heavy atom. The van der Waals surface area contributed by atoms with Crippen molar-refractivity contribution in [2.45, 2.75) is 6.42 Å². The zero-order chi connectivity index (χ0) is 13.0. The van der Waals surface area contributed by atoms with Gasteiger partial charge in [-0.05, 0) is 23.8 Å². The molecule has 0 saturated carbocycles. The first-order chi connectivity index (χ1) is 8.70. The maximum absolute atomic E-state index is 12.2. The van der Waals surface area contributed by atoms with Crippen molar-refractivity contribution in [1.29, 1.82) is 0 Å². The van der Waals surface area contributed by atoms with E-state index in [-0.39, 0.29) is 5.78 Å². The van der Waals surface area contributed by atoms with Crippen LogP contribution in [0, 0.1) is 0 Å². The Balaban J connectivity index is 2.26. The Hall–Kier alpha value is -1.80. The van der Waals surface area contributed by atoms with Crippen LogP contribution in [0.4, 0.5) is 5.69 Å². The second-order valence-electron chi connectivity index (χ2n) is 4.03. The van der Waals surface area contributed by atoms with E-state index in [4.69, 9.17) is 11.6 Å². The van der Waals surface area contributed by atoms with Crippen molar-refractivity contribution in [3.05, 3.63) is 64.7 Å². The minimum absolute atomic E-state index is 0.0630. The molecule has 2 aromatic rings. The lowest BCUT2D eigenvalue weighted by Gasteiger charge is -2.08. The van der Waals surface area contributed by atoms with E-state index in [2.05, 4.69) is 5.32 Å². The van der Waals surface area contributed by atoms with Crippen LogP contribution in [-0.4, -0.2) is 12.8 Å². The number of rotatable bonds is 4. The molecule has 0 aromatic heterocycles. The van der Waals surface area contributed by atoms with Crippen molar-refractivity contribution >= 4 is 23.1 Å². The van der Waals surface area contributed by atoms with Crippen molar-refractivity contribution < 1.29 is 4.79 Å². The highest BCUT2D eigenvalue weighted by atomic mass is 35.5. The van der Waals surface area contributed by atoms with E-state index in [9.17, 15) is 4.79 Å². The van der Waals surface area contributed by atoms with Crippen molar-refractivity contribution in [1.82, 2.24) is 0 Å². The number of Topliss-reactive ketones (excluding diaryl/α,β-unsaturated/α-hetero) is 1. The van der Waals surface area contributed by atoms with Gasteiger partial charge in [-0.25, -0.2) is 0 Å². The molecule has 2 nitrogen and oxygen atoms in total. The molecule has 0 fully saturated rings. The molecule has 0 spiro atoms. The summed E-state index contributed by atoms with van der Waals surface area (Å²) >= 11 is 5.94. The summed E-state index contributed by atoms with van der Waals surface area (Å²) in [7, 11) is 1.79. The molecule has 0 aliphatic heterocycles. The van der Waals surface area contributed by atoms with Crippen molar-refractivity contribution in [3.8, 4) is 0 Å². The Kier molecular flexibility index (Phi) is 4.00. The van der Waals surface area contributed by atoms with Crippen LogP contribution in [0.3, 0.4) is 0 Å². The summed E-state index contributed by atoms with van der Waals surface area (Å²) in [6, 6.07) is 15.0. The number of halogens is 1. The van der Waals surface area contributed by atoms with Crippen LogP contribution in [-0.2, 0) is 6.42 Å². The molecule has 0 radical (unpaired) electrons. The van der Waals surface area contributed by atoms with Crippen LogP contribution in [0.2, 0.25) is 5.02 Å². The van der Waals surface area contributed by atoms with Gasteiger partial charge in [0.05, 0.1) is 0 Å². The van der Waals surface area contributed by atoms with Gasteiger partial charge in [-0.2, -0.15) is 0 Å². The van der Waals surface area contributed by atoms with Crippen molar-refractivity contribution in [2.24, 2.45) is 0 Å². The highest BCUT2D eigenvalue weighted by Gasteiger charge is 2.12. The van der Waals surface area contributed by atoms with Crippen LogP contribution < -0.4 is 5.32 Å². The molecule has 92 valence electrons. The number of ketones is 1. The summed E-state index contributed by atoms with van der Waals surface area (Å²) in [5.41, 5.74) is 2.44. The second-order valence-corrected chi connectivity index (χ2v) is 4.46. The molecule has 18 heavy (non-hydrogen) atoms. The number of hydrogen-bond donors (Lipinski definition) is 1.